The number of Topliss-reactive ketones (excluding diaryl/α,β-unsaturated/α-hetero) is 1. The van der Waals surface area contributed by atoms with Crippen molar-refractivity contribution in [1.29, 1.82) is 0 Å². The number of nitrogens with zero attached hydrogens (tertiary/aromatic N) is 4. The van der Waals surface area contributed by atoms with Crippen molar-refractivity contribution in [2.75, 3.05) is 36.4 Å². The van der Waals surface area contributed by atoms with Crippen molar-refractivity contribution in [3.8, 4) is 0 Å². The molecule has 1 atom stereocenters. The Hall–Kier alpha value is -3.58. The summed E-state index contributed by atoms with van der Waals surface area (Å²) < 4.78 is 0. The molecule has 1 aliphatic rings. The number of aromatic nitrogens is 2. The molecular weight excluding hydrogens is 438 g/mol. The molecule has 1 aliphatic heterocycles. The molecule has 0 saturated carbocycles. The first-order valence-corrected chi connectivity index (χ1v) is 12.1. The van der Waals surface area contributed by atoms with Gasteiger partial charge in [-0.1, -0.05) is 56.3 Å². The quantitative estimate of drug-likeness (QED) is 0.507. The number of rotatable bonds is 7. The summed E-state index contributed by atoms with van der Waals surface area (Å²) >= 11 is 0. The number of anilines is 2. The van der Waals surface area contributed by atoms with Crippen molar-refractivity contribution >= 4 is 23.2 Å². The molecule has 0 radical (unpaired) electrons. The predicted octanol–water partition coefficient (Wildman–Crippen LogP) is 4.61. The maximum Gasteiger partial charge on any atom is 0.246 e. The fourth-order valence-corrected chi connectivity index (χ4v) is 4.39. The smallest absolute Gasteiger partial charge is 0.246 e. The third kappa shape index (κ3) is 5.92. The van der Waals surface area contributed by atoms with Gasteiger partial charge in [0.2, 0.25) is 5.91 Å². The van der Waals surface area contributed by atoms with Gasteiger partial charge in [-0.3, -0.25) is 14.5 Å². The largest absolute Gasteiger partial charge is 0.354 e. The lowest BCUT2D eigenvalue weighted by Gasteiger charge is -2.39. The summed E-state index contributed by atoms with van der Waals surface area (Å²) in [7, 11) is 0. The Bertz CT molecular complexity index is 1190. The summed E-state index contributed by atoms with van der Waals surface area (Å²) in [6.07, 6.45) is 0. The summed E-state index contributed by atoms with van der Waals surface area (Å²) in [5.41, 5.74) is 3.12. The molecule has 35 heavy (non-hydrogen) atoms. The van der Waals surface area contributed by atoms with E-state index in [1.165, 1.54) is 6.92 Å². The van der Waals surface area contributed by atoms with Crippen molar-refractivity contribution in [1.82, 2.24) is 14.9 Å². The molecule has 1 aromatic heterocycles. The molecule has 0 spiro atoms. The van der Waals surface area contributed by atoms with Crippen molar-refractivity contribution in [2.45, 2.75) is 39.7 Å². The second kappa shape index (κ2) is 10.8. The van der Waals surface area contributed by atoms with Crippen LogP contribution < -0.4 is 10.2 Å². The topological polar surface area (TPSA) is 78.4 Å². The molecule has 1 saturated heterocycles. The van der Waals surface area contributed by atoms with E-state index in [1.54, 1.807) is 18.2 Å². The van der Waals surface area contributed by atoms with E-state index in [4.69, 9.17) is 4.98 Å². The Morgan fingerprint density at radius 3 is 2.29 bits per heavy atom. The summed E-state index contributed by atoms with van der Waals surface area (Å²) in [5, 5.41) is 3.04. The molecular formula is C28H33N5O2. The maximum atomic E-state index is 13.5. The average molecular weight is 472 g/mol. The maximum absolute atomic E-state index is 13.5. The summed E-state index contributed by atoms with van der Waals surface area (Å²) in [4.78, 5) is 39.2. The molecule has 182 valence electrons. The molecule has 2 heterocycles. The van der Waals surface area contributed by atoms with Crippen LogP contribution in [0.4, 0.5) is 11.5 Å². The Kier molecular flexibility index (Phi) is 7.56. The molecule has 0 bridgehead atoms. The lowest BCUT2D eigenvalue weighted by atomic mass is 10.0. The van der Waals surface area contributed by atoms with Crippen LogP contribution in [0.1, 0.15) is 60.2 Å². The Morgan fingerprint density at radius 1 is 0.914 bits per heavy atom. The van der Waals surface area contributed by atoms with E-state index in [0.29, 0.717) is 11.3 Å². The minimum atomic E-state index is -0.433. The predicted molar refractivity (Wildman–Crippen MR) is 139 cm³/mol. The van der Waals surface area contributed by atoms with Crippen LogP contribution in [0.3, 0.4) is 0 Å². The zero-order valence-corrected chi connectivity index (χ0v) is 20.9. The normalized spacial score (nSPS) is 15.2. The zero-order chi connectivity index (χ0) is 24.9. The highest BCUT2D eigenvalue weighted by molar-refractivity contribution is 5.98. The summed E-state index contributed by atoms with van der Waals surface area (Å²) in [6, 6.07) is 18.5. The number of carbonyl (C=O) groups excluding carboxylic acids is 2. The lowest BCUT2D eigenvalue weighted by molar-refractivity contribution is -0.121. The van der Waals surface area contributed by atoms with Crippen molar-refractivity contribution in [3.63, 3.8) is 0 Å². The van der Waals surface area contributed by atoms with Gasteiger partial charge in [0.25, 0.3) is 0 Å². The van der Waals surface area contributed by atoms with Gasteiger partial charge in [0.05, 0.1) is 0 Å². The minimum absolute atomic E-state index is 0.0302. The van der Waals surface area contributed by atoms with Gasteiger partial charge in [0, 0.05) is 55.1 Å². The Labute approximate surface area is 207 Å². The highest BCUT2D eigenvalue weighted by atomic mass is 16.2. The van der Waals surface area contributed by atoms with Crippen LogP contribution in [0, 0.1) is 6.92 Å². The average Bonchev–Trinajstić information content (AvgIpc) is 2.85. The van der Waals surface area contributed by atoms with E-state index in [1.807, 2.05) is 49.4 Å². The van der Waals surface area contributed by atoms with Gasteiger partial charge in [-0.05, 0) is 31.5 Å². The Morgan fingerprint density at radius 2 is 1.63 bits per heavy atom. The number of ketones is 1. The van der Waals surface area contributed by atoms with Crippen molar-refractivity contribution < 1.29 is 9.59 Å². The SMILES string of the molecule is CC(=O)c1cccc(NC(=O)C(c2ccccc2)N2CCN(c3cc(C)nc(C(C)C)n3)CC2)c1. The molecule has 3 aromatic rings. The second-order valence-electron chi connectivity index (χ2n) is 9.34. The highest BCUT2D eigenvalue weighted by Crippen LogP contribution is 2.26. The molecule has 1 N–H and O–H groups in total. The van der Waals surface area contributed by atoms with Crippen LogP contribution in [-0.4, -0.2) is 52.7 Å². The third-order valence-corrected chi connectivity index (χ3v) is 6.28. The fourth-order valence-electron chi connectivity index (χ4n) is 4.39. The number of piperazine rings is 1. The molecule has 2 aromatic carbocycles. The molecule has 0 aliphatic carbocycles. The highest BCUT2D eigenvalue weighted by Gasteiger charge is 2.31. The zero-order valence-electron chi connectivity index (χ0n) is 20.9. The number of amides is 1. The number of carbonyl (C=O) groups is 2. The van der Waals surface area contributed by atoms with Crippen LogP contribution >= 0.6 is 0 Å². The van der Waals surface area contributed by atoms with Gasteiger partial charge in [0.1, 0.15) is 17.7 Å². The fraction of sp³-hybridized carbons (Fsp3) is 0.357. The molecule has 4 rings (SSSR count). The van der Waals surface area contributed by atoms with Crippen LogP contribution in [0.5, 0.6) is 0 Å². The van der Waals surface area contributed by atoms with Crippen LogP contribution in [0.15, 0.2) is 60.7 Å². The van der Waals surface area contributed by atoms with E-state index in [-0.39, 0.29) is 17.6 Å². The molecule has 7 heteroatoms. The number of hydrogen-bond donors (Lipinski definition) is 1. The minimum Gasteiger partial charge on any atom is -0.354 e. The van der Waals surface area contributed by atoms with Gasteiger partial charge < -0.3 is 10.2 Å². The van der Waals surface area contributed by atoms with Gasteiger partial charge >= 0.3 is 0 Å². The van der Waals surface area contributed by atoms with Crippen LogP contribution in [0.2, 0.25) is 0 Å². The number of hydrogen-bond acceptors (Lipinski definition) is 6. The van der Waals surface area contributed by atoms with Crippen molar-refractivity contribution in [2.24, 2.45) is 0 Å². The van der Waals surface area contributed by atoms with E-state index >= 15 is 0 Å². The van der Waals surface area contributed by atoms with Gasteiger partial charge in [0.15, 0.2) is 5.78 Å². The molecule has 7 nitrogen and oxygen atoms in total. The van der Waals surface area contributed by atoms with Gasteiger partial charge in [-0.25, -0.2) is 9.97 Å². The molecule has 1 fully saturated rings. The van der Waals surface area contributed by atoms with E-state index in [0.717, 1.165) is 49.1 Å². The first-order chi connectivity index (χ1) is 16.8. The number of nitrogens with one attached hydrogen (secondary N) is 1. The standard InChI is InChI=1S/C28H33N5O2/c1-19(2)27-29-20(3)17-25(31-27)32-13-15-33(16-14-32)26(22-9-6-5-7-10-22)28(35)30-24-12-8-11-23(18-24)21(4)34/h5-12,17-19,26H,13-16H2,1-4H3,(H,30,35). The monoisotopic (exact) mass is 471 g/mol. The summed E-state index contributed by atoms with van der Waals surface area (Å²) in [6.45, 7) is 10.7. The van der Waals surface area contributed by atoms with Gasteiger partial charge in [-0.2, -0.15) is 0 Å². The summed E-state index contributed by atoms with van der Waals surface area (Å²) in [5.74, 6) is 1.93. The van der Waals surface area contributed by atoms with E-state index in [2.05, 4.69) is 33.9 Å². The second-order valence-corrected chi connectivity index (χ2v) is 9.34. The van der Waals surface area contributed by atoms with Gasteiger partial charge in [-0.15, -0.1) is 0 Å². The Balaban J connectivity index is 1.52. The third-order valence-electron chi connectivity index (χ3n) is 6.28. The first-order valence-electron chi connectivity index (χ1n) is 12.1. The molecule has 1 unspecified atom stereocenters. The van der Waals surface area contributed by atoms with Crippen molar-refractivity contribution in [3.05, 3.63) is 83.3 Å². The van der Waals surface area contributed by atoms with E-state index < -0.39 is 6.04 Å². The van der Waals surface area contributed by atoms with Crippen LogP contribution in [0.25, 0.3) is 0 Å². The lowest BCUT2D eigenvalue weighted by Crippen LogP contribution is -2.50. The molecule has 1 amide bonds. The van der Waals surface area contributed by atoms with E-state index in [9.17, 15) is 9.59 Å². The number of aryl methyl sites for hydroxylation is 1. The first kappa shape index (κ1) is 24.5. The number of benzene rings is 2. The van der Waals surface area contributed by atoms with Crippen LogP contribution in [-0.2, 0) is 4.79 Å².